The van der Waals surface area contributed by atoms with Crippen LogP contribution >= 0.6 is 11.3 Å². The molecule has 0 atom stereocenters. The maximum absolute atomic E-state index is 13.6. The van der Waals surface area contributed by atoms with Crippen molar-refractivity contribution in [2.24, 2.45) is 0 Å². The van der Waals surface area contributed by atoms with E-state index in [1.165, 1.54) is 5.56 Å². The number of ether oxygens (including phenoxy) is 2. The molecule has 0 bridgehead atoms. The van der Waals surface area contributed by atoms with Gasteiger partial charge in [-0.05, 0) is 56.9 Å². The smallest absolute Gasteiger partial charge is 0.226 e. The molecule has 224 valence electrons. The summed E-state index contributed by atoms with van der Waals surface area (Å²) in [5.74, 6) is 0.428. The minimum absolute atomic E-state index is 0.0132. The number of unbranched alkanes of at least 4 members (excludes halogenated alkanes) is 1. The molecule has 1 heterocycles. The summed E-state index contributed by atoms with van der Waals surface area (Å²) in [7, 11) is 0. The van der Waals surface area contributed by atoms with Gasteiger partial charge in [0.2, 0.25) is 11.7 Å². The Labute approximate surface area is 257 Å². The number of nitrogens with zero attached hydrogens (tertiary/aromatic N) is 1. The molecule has 0 aliphatic rings. The number of Topliss-reactive ketones (excluding diaryl/α,β-unsaturated/α-hetero) is 1. The average molecular weight is 599 g/mol. The van der Waals surface area contributed by atoms with Gasteiger partial charge in [0.25, 0.3) is 0 Å². The van der Waals surface area contributed by atoms with Gasteiger partial charge in [-0.3, -0.25) is 14.4 Å². The van der Waals surface area contributed by atoms with Gasteiger partial charge >= 0.3 is 0 Å². The molecule has 4 rings (SSSR count). The number of carbonyl (C=O) groups is 3. The number of anilines is 1. The van der Waals surface area contributed by atoms with Crippen LogP contribution in [0.15, 0.2) is 66.7 Å². The maximum Gasteiger partial charge on any atom is 0.226 e. The lowest BCUT2D eigenvalue weighted by Crippen LogP contribution is -2.14. The molecule has 1 aromatic heterocycles. The molecule has 0 fully saturated rings. The van der Waals surface area contributed by atoms with Crippen LogP contribution in [0.1, 0.15) is 83.2 Å². The Morgan fingerprint density at radius 2 is 1.53 bits per heavy atom. The van der Waals surface area contributed by atoms with Gasteiger partial charge in [-0.25, -0.2) is 4.98 Å². The van der Waals surface area contributed by atoms with Gasteiger partial charge in [-0.2, -0.15) is 0 Å². The van der Waals surface area contributed by atoms with Crippen LogP contribution in [0.25, 0.3) is 11.3 Å². The Hall–Kier alpha value is -4.30. The van der Waals surface area contributed by atoms with Crippen molar-refractivity contribution in [2.45, 2.75) is 59.8 Å². The third-order valence-electron chi connectivity index (χ3n) is 6.93. The molecule has 8 heteroatoms. The van der Waals surface area contributed by atoms with Crippen LogP contribution < -0.4 is 14.8 Å². The summed E-state index contributed by atoms with van der Waals surface area (Å²) < 4.78 is 11.3. The lowest BCUT2D eigenvalue weighted by molar-refractivity contribution is -0.116. The normalized spacial score (nSPS) is 10.8. The first-order chi connectivity index (χ1) is 20.8. The average Bonchev–Trinajstić information content (AvgIpc) is 3.44. The van der Waals surface area contributed by atoms with E-state index in [9.17, 15) is 14.4 Å². The van der Waals surface area contributed by atoms with Crippen LogP contribution in [0.3, 0.4) is 0 Å². The zero-order valence-electron chi connectivity index (χ0n) is 25.2. The fourth-order valence-electron chi connectivity index (χ4n) is 4.70. The molecule has 43 heavy (non-hydrogen) atoms. The lowest BCUT2D eigenvalue weighted by Gasteiger charge is -2.14. The van der Waals surface area contributed by atoms with Crippen molar-refractivity contribution in [3.8, 4) is 22.8 Å². The van der Waals surface area contributed by atoms with E-state index in [0.29, 0.717) is 51.5 Å². The van der Waals surface area contributed by atoms with E-state index >= 15 is 0 Å². The monoisotopic (exact) mass is 598 g/mol. The zero-order valence-corrected chi connectivity index (χ0v) is 26.0. The van der Waals surface area contributed by atoms with Crippen molar-refractivity contribution in [2.75, 3.05) is 18.5 Å². The second-order valence-corrected chi connectivity index (χ2v) is 11.1. The molecule has 1 N–H and O–H groups in total. The summed E-state index contributed by atoms with van der Waals surface area (Å²) in [4.78, 5) is 44.7. The van der Waals surface area contributed by atoms with E-state index in [2.05, 4.69) is 17.2 Å². The fourth-order valence-corrected chi connectivity index (χ4v) is 5.66. The predicted molar refractivity (Wildman–Crippen MR) is 172 cm³/mol. The second kappa shape index (κ2) is 15.3. The molecule has 7 nitrogen and oxygen atoms in total. The van der Waals surface area contributed by atoms with Crippen LogP contribution in [-0.4, -0.2) is 35.7 Å². The summed E-state index contributed by atoms with van der Waals surface area (Å²) in [6, 6.07) is 20.6. The van der Waals surface area contributed by atoms with Crippen molar-refractivity contribution in [3.05, 3.63) is 93.9 Å². The topological polar surface area (TPSA) is 94.6 Å². The lowest BCUT2D eigenvalue weighted by atomic mass is 10.0. The molecule has 1 amide bonds. The summed E-state index contributed by atoms with van der Waals surface area (Å²) in [5.41, 5.74) is 4.32. The molecule has 4 aromatic rings. The van der Waals surface area contributed by atoms with Crippen LogP contribution in [0.4, 0.5) is 5.13 Å². The van der Waals surface area contributed by atoms with Crippen molar-refractivity contribution < 1.29 is 23.9 Å². The van der Waals surface area contributed by atoms with Crippen LogP contribution in [-0.2, 0) is 11.2 Å². The number of carbonyl (C=O) groups excluding carboxylic acids is 3. The van der Waals surface area contributed by atoms with Gasteiger partial charge in [0, 0.05) is 29.5 Å². The molecule has 0 spiro atoms. The van der Waals surface area contributed by atoms with Crippen LogP contribution in [0.5, 0.6) is 11.5 Å². The first-order valence-electron chi connectivity index (χ1n) is 14.8. The number of thiazole rings is 1. The third kappa shape index (κ3) is 8.17. The molecule has 0 radical (unpaired) electrons. The van der Waals surface area contributed by atoms with E-state index in [4.69, 9.17) is 9.47 Å². The van der Waals surface area contributed by atoms with Crippen LogP contribution in [0, 0.1) is 6.92 Å². The summed E-state index contributed by atoms with van der Waals surface area (Å²) in [6.07, 6.45) is 3.17. The minimum Gasteiger partial charge on any atom is -0.490 e. The first kappa shape index (κ1) is 31.6. The predicted octanol–water partition coefficient (Wildman–Crippen LogP) is 8.09. The van der Waals surface area contributed by atoms with Gasteiger partial charge < -0.3 is 14.8 Å². The molecule has 3 aromatic carbocycles. The highest BCUT2D eigenvalue weighted by Crippen LogP contribution is 2.34. The Morgan fingerprint density at radius 3 is 2.19 bits per heavy atom. The van der Waals surface area contributed by atoms with Crippen molar-refractivity contribution in [1.82, 2.24) is 4.98 Å². The highest BCUT2D eigenvalue weighted by atomic mass is 32.1. The molecule has 0 saturated carbocycles. The number of aryl methyl sites for hydroxylation is 2. The molecule has 0 aliphatic carbocycles. The number of aromatic nitrogens is 1. The number of rotatable bonds is 15. The SMILES string of the molecule is CCCCc1ccc(C(=O)c2sc(NC(=O)CCC(=O)c3cc(OCC)c(OCC)cc3C)nc2-c2ccccc2)cc1. The highest BCUT2D eigenvalue weighted by Gasteiger charge is 2.22. The number of ketones is 2. The van der Waals surface area contributed by atoms with E-state index < -0.39 is 0 Å². The van der Waals surface area contributed by atoms with E-state index in [0.717, 1.165) is 41.7 Å². The van der Waals surface area contributed by atoms with Crippen molar-refractivity contribution in [1.29, 1.82) is 0 Å². The molecule has 0 saturated heterocycles. The third-order valence-corrected chi connectivity index (χ3v) is 7.90. The van der Waals surface area contributed by atoms with Gasteiger partial charge in [0.15, 0.2) is 22.4 Å². The molecule has 0 aliphatic heterocycles. The quantitative estimate of drug-likeness (QED) is 0.139. The standard InChI is InChI=1S/C35H38N2O5S/c1-5-8-12-24-15-17-26(18-16-24)33(40)34-32(25-13-10-9-11-14-25)37-35(43-34)36-31(39)20-19-28(38)27-22-30(42-7-3)29(41-6-2)21-23(27)4/h9-11,13-18,21-22H,5-8,12,19-20H2,1-4H3,(H,36,37,39). The largest absolute Gasteiger partial charge is 0.490 e. The van der Waals surface area contributed by atoms with Gasteiger partial charge in [0.05, 0.1) is 18.9 Å². The Balaban J connectivity index is 1.49. The minimum atomic E-state index is -0.352. The second-order valence-electron chi connectivity index (χ2n) is 10.1. The Kier molecular flexibility index (Phi) is 11.2. The number of hydrogen-bond acceptors (Lipinski definition) is 7. The molecular formula is C35H38N2O5S. The van der Waals surface area contributed by atoms with Crippen molar-refractivity contribution >= 4 is 33.9 Å². The Morgan fingerprint density at radius 1 is 0.860 bits per heavy atom. The summed E-state index contributed by atoms with van der Waals surface area (Å²) in [6.45, 7) is 8.66. The number of benzene rings is 3. The fraction of sp³-hybridized carbons (Fsp3) is 0.314. The first-order valence-corrected chi connectivity index (χ1v) is 15.6. The molecular weight excluding hydrogens is 560 g/mol. The Bertz CT molecular complexity index is 1560. The summed E-state index contributed by atoms with van der Waals surface area (Å²) >= 11 is 1.14. The van der Waals surface area contributed by atoms with Gasteiger partial charge in [-0.15, -0.1) is 0 Å². The number of hydrogen-bond donors (Lipinski definition) is 1. The number of nitrogens with one attached hydrogen (secondary N) is 1. The van der Waals surface area contributed by atoms with E-state index in [-0.39, 0.29) is 30.3 Å². The van der Waals surface area contributed by atoms with Gasteiger partial charge in [-0.1, -0.05) is 79.3 Å². The molecule has 0 unspecified atom stereocenters. The number of amides is 1. The van der Waals surface area contributed by atoms with Crippen LogP contribution in [0.2, 0.25) is 0 Å². The highest BCUT2D eigenvalue weighted by molar-refractivity contribution is 7.18. The van der Waals surface area contributed by atoms with Crippen molar-refractivity contribution in [3.63, 3.8) is 0 Å². The summed E-state index contributed by atoms with van der Waals surface area (Å²) in [5, 5.41) is 3.12. The van der Waals surface area contributed by atoms with Gasteiger partial charge in [0.1, 0.15) is 4.88 Å². The van der Waals surface area contributed by atoms with E-state index in [1.807, 2.05) is 75.4 Å². The maximum atomic E-state index is 13.6. The van der Waals surface area contributed by atoms with E-state index in [1.54, 1.807) is 12.1 Å². The zero-order chi connectivity index (χ0) is 30.8.